The molecule has 0 bridgehead atoms. The summed E-state index contributed by atoms with van der Waals surface area (Å²) in [6, 6.07) is 0.169. The molecule has 2 N–H and O–H groups in total. The van der Waals surface area contributed by atoms with E-state index in [2.05, 4.69) is 36.4 Å². The van der Waals surface area contributed by atoms with Crippen molar-refractivity contribution in [3.63, 3.8) is 0 Å². The number of thiazole rings is 1. The summed E-state index contributed by atoms with van der Waals surface area (Å²) < 4.78 is 0. The molecule has 1 rings (SSSR count). The van der Waals surface area contributed by atoms with E-state index in [1.54, 1.807) is 11.3 Å². The summed E-state index contributed by atoms with van der Waals surface area (Å²) in [6.07, 6.45) is 1.02. The maximum Gasteiger partial charge on any atom is 0.233 e. The number of nitrogens with zero attached hydrogens (tertiary/aromatic N) is 1. The van der Waals surface area contributed by atoms with Crippen LogP contribution in [0, 0.1) is 19.8 Å². The molecule has 0 saturated carbocycles. The monoisotopic (exact) mass is 283 g/mol. The summed E-state index contributed by atoms with van der Waals surface area (Å²) in [6.45, 7) is 11.5. The average Bonchev–Trinajstić information content (AvgIpc) is 2.65. The molecule has 0 fully saturated rings. The SMILES string of the molecule is Cc1nc(C)c(C(C)NCC(=O)NCCC(C)C)s1. The van der Waals surface area contributed by atoms with Crippen LogP contribution in [0.5, 0.6) is 0 Å². The van der Waals surface area contributed by atoms with Crippen molar-refractivity contribution >= 4 is 17.2 Å². The zero-order chi connectivity index (χ0) is 14.4. The summed E-state index contributed by atoms with van der Waals surface area (Å²) in [4.78, 5) is 17.3. The molecule has 0 spiro atoms. The van der Waals surface area contributed by atoms with E-state index in [0.717, 1.165) is 23.7 Å². The van der Waals surface area contributed by atoms with Crippen molar-refractivity contribution in [1.29, 1.82) is 0 Å². The van der Waals surface area contributed by atoms with Gasteiger partial charge >= 0.3 is 0 Å². The Morgan fingerprint density at radius 3 is 2.53 bits per heavy atom. The molecule has 1 atom stereocenters. The standard InChI is InChI=1S/C14H25N3OS/c1-9(2)6-7-15-13(18)8-16-10(3)14-11(4)17-12(5)19-14/h9-10,16H,6-8H2,1-5H3,(H,15,18). The van der Waals surface area contributed by atoms with Gasteiger partial charge < -0.3 is 10.6 Å². The Bertz CT molecular complexity index is 415. The molecule has 1 amide bonds. The molecule has 0 radical (unpaired) electrons. The summed E-state index contributed by atoms with van der Waals surface area (Å²) >= 11 is 1.69. The largest absolute Gasteiger partial charge is 0.355 e. The van der Waals surface area contributed by atoms with Crippen molar-refractivity contribution in [2.75, 3.05) is 13.1 Å². The maximum atomic E-state index is 11.7. The molecule has 1 heterocycles. The number of amides is 1. The maximum absolute atomic E-state index is 11.7. The van der Waals surface area contributed by atoms with Gasteiger partial charge in [-0.25, -0.2) is 4.98 Å². The molecule has 1 aromatic heterocycles. The van der Waals surface area contributed by atoms with Crippen LogP contribution in [-0.2, 0) is 4.79 Å². The fourth-order valence-electron chi connectivity index (χ4n) is 1.85. The Hall–Kier alpha value is -0.940. The lowest BCUT2D eigenvalue weighted by Crippen LogP contribution is -2.35. The van der Waals surface area contributed by atoms with Crippen molar-refractivity contribution in [3.05, 3.63) is 15.6 Å². The van der Waals surface area contributed by atoms with E-state index >= 15 is 0 Å². The highest BCUT2D eigenvalue weighted by Crippen LogP contribution is 2.23. The molecule has 19 heavy (non-hydrogen) atoms. The summed E-state index contributed by atoms with van der Waals surface area (Å²) in [5, 5.41) is 7.25. The molecule has 4 nitrogen and oxygen atoms in total. The highest BCUT2D eigenvalue weighted by atomic mass is 32.1. The van der Waals surface area contributed by atoms with Gasteiger partial charge in [-0.15, -0.1) is 11.3 Å². The molecule has 0 saturated heterocycles. The number of rotatable bonds is 7. The van der Waals surface area contributed by atoms with E-state index in [9.17, 15) is 4.79 Å². The summed E-state index contributed by atoms with van der Waals surface area (Å²) in [5.74, 6) is 0.682. The normalized spacial score (nSPS) is 12.7. The topological polar surface area (TPSA) is 54.0 Å². The average molecular weight is 283 g/mol. The third-order valence-corrected chi connectivity index (χ3v) is 4.20. The van der Waals surface area contributed by atoms with Crippen molar-refractivity contribution in [3.8, 4) is 0 Å². The molecule has 0 aliphatic rings. The van der Waals surface area contributed by atoms with Gasteiger partial charge in [0.1, 0.15) is 0 Å². The lowest BCUT2D eigenvalue weighted by molar-refractivity contribution is -0.120. The minimum Gasteiger partial charge on any atom is -0.355 e. The first-order chi connectivity index (χ1) is 8.90. The smallest absolute Gasteiger partial charge is 0.233 e. The van der Waals surface area contributed by atoms with Gasteiger partial charge in [-0.2, -0.15) is 0 Å². The number of carbonyl (C=O) groups is 1. The number of hydrogen-bond acceptors (Lipinski definition) is 4. The van der Waals surface area contributed by atoms with Crippen molar-refractivity contribution < 1.29 is 4.79 Å². The number of aromatic nitrogens is 1. The second-order valence-electron chi connectivity index (χ2n) is 5.32. The van der Waals surface area contributed by atoms with Gasteiger partial charge in [-0.1, -0.05) is 13.8 Å². The molecular formula is C14H25N3OS. The van der Waals surface area contributed by atoms with Gasteiger partial charge in [0.15, 0.2) is 0 Å². The first kappa shape index (κ1) is 16.1. The molecule has 5 heteroatoms. The quantitative estimate of drug-likeness (QED) is 0.808. The van der Waals surface area contributed by atoms with Crippen molar-refractivity contribution in [1.82, 2.24) is 15.6 Å². The van der Waals surface area contributed by atoms with Crippen LogP contribution in [0.15, 0.2) is 0 Å². The Labute approximate surface area is 120 Å². The third-order valence-electron chi connectivity index (χ3n) is 2.95. The Morgan fingerprint density at radius 1 is 1.32 bits per heavy atom. The van der Waals surface area contributed by atoms with Crippen LogP contribution in [-0.4, -0.2) is 24.0 Å². The fourth-order valence-corrected chi connectivity index (χ4v) is 2.80. The first-order valence-electron chi connectivity index (χ1n) is 6.84. The van der Waals surface area contributed by atoms with E-state index in [-0.39, 0.29) is 11.9 Å². The van der Waals surface area contributed by atoms with Crippen LogP contribution in [0.4, 0.5) is 0 Å². The molecule has 108 valence electrons. The predicted molar refractivity (Wildman–Crippen MR) is 80.5 cm³/mol. The lowest BCUT2D eigenvalue weighted by atomic mass is 10.1. The molecule has 1 unspecified atom stereocenters. The van der Waals surface area contributed by atoms with Crippen LogP contribution in [0.3, 0.4) is 0 Å². The lowest BCUT2D eigenvalue weighted by Gasteiger charge is -2.13. The fraction of sp³-hybridized carbons (Fsp3) is 0.714. The van der Waals surface area contributed by atoms with Gasteiger partial charge in [0.2, 0.25) is 5.91 Å². The second-order valence-corrected chi connectivity index (χ2v) is 6.55. The zero-order valence-corrected chi connectivity index (χ0v) is 13.4. The van der Waals surface area contributed by atoms with E-state index in [1.807, 2.05) is 13.8 Å². The molecule has 0 aliphatic carbocycles. The van der Waals surface area contributed by atoms with Gasteiger partial charge in [-0.05, 0) is 33.1 Å². The number of nitrogens with one attached hydrogen (secondary N) is 2. The van der Waals surface area contributed by atoms with Crippen LogP contribution in [0.2, 0.25) is 0 Å². The Morgan fingerprint density at radius 2 is 2.00 bits per heavy atom. The third kappa shape index (κ3) is 5.70. The summed E-state index contributed by atoms with van der Waals surface area (Å²) in [7, 11) is 0. The molecule has 0 aromatic carbocycles. The minimum atomic E-state index is 0.0615. The highest BCUT2D eigenvalue weighted by molar-refractivity contribution is 7.11. The number of carbonyl (C=O) groups excluding carboxylic acids is 1. The van der Waals surface area contributed by atoms with Gasteiger partial charge in [0.25, 0.3) is 0 Å². The van der Waals surface area contributed by atoms with Crippen LogP contribution in [0.1, 0.15) is 48.8 Å². The highest BCUT2D eigenvalue weighted by Gasteiger charge is 2.13. The Kier molecular flexibility index (Phi) is 6.45. The van der Waals surface area contributed by atoms with Crippen LogP contribution >= 0.6 is 11.3 Å². The zero-order valence-electron chi connectivity index (χ0n) is 12.5. The van der Waals surface area contributed by atoms with Crippen LogP contribution in [0.25, 0.3) is 0 Å². The second kappa shape index (κ2) is 7.60. The van der Waals surface area contributed by atoms with Crippen LogP contribution < -0.4 is 10.6 Å². The summed E-state index contributed by atoms with van der Waals surface area (Å²) in [5.41, 5.74) is 1.06. The first-order valence-corrected chi connectivity index (χ1v) is 7.65. The van der Waals surface area contributed by atoms with E-state index in [4.69, 9.17) is 0 Å². The van der Waals surface area contributed by atoms with Gasteiger partial charge in [0.05, 0.1) is 17.2 Å². The Balaban J connectivity index is 2.32. The molecule has 0 aliphatic heterocycles. The van der Waals surface area contributed by atoms with Crippen molar-refractivity contribution in [2.45, 2.75) is 47.1 Å². The number of hydrogen-bond donors (Lipinski definition) is 2. The number of aryl methyl sites for hydroxylation is 2. The molecular weight excluding hydrogens is 258 g/mol. The van der Waals surface area contributed by atoms with Gasteiger partial charge in [0, 0.05) is 17.5 Å². The molecule has 1 aromatic rings. The van der Waals surface area contributed by atoms with Crippen molar-refractivity contribution in [2.24, 2.45) is 5.92 Å². The minimum absolute atomic E-state index is 0.0615. The van der Waals surface area contributed by atoms with Gasteiger partial charge in [-0.3, -0.25) is 4.79 Å². The van der Waals surface area contributed by atoms with E-state index in [0.29, 0.717) is 12.5 Å². The predicted octanol–water partition coefficient (Wildman–Crippen LogP) is 2.57. The van der Waals surface area contributed by atoms with E-state index in [1.165, 1.54) is 4.88 Å². The van der Waals surface area contributed by atoms with E-state index < -0.39 is 0 Å².